The molecule has 0 aliphatic rings. The second-order valence-electron chi connectivity index (χ2n) is 8.45. The molecule has 1 amide bonds. The fourth-order valence-electron chi connectivity index (χ4n) is 3.89. The Morgan fingerprint density at radius 3 is 2.62 bits per heavy atom. The first-order valence-corrected chi connectivity index (χ1v) is 12.1. The van der Waals surface area contributed by atoms with Crippen LogP contribution in [-0.4, -0.2) is 28.6 Å². The zero-order valence-corrected chi connectivity index (χ0v) is 19.6. The molecule has 172 valence electrons. The zero-order chi connectivity index (χ0) is 22.6. The third-order valence-electron chi connectivity index (χ3n) is 5.68. The average molecular weight is 436 g/mol. The smallest absolute Gasteiger partial charge is 0.219 e. The number of unbranched alkanes of at least 4 members (excludes halogenated alkanes) is 3. The lowest BCUT2D eigenvalue weighted by molar-refractivity contribution is -0.121. The van der Waals surface area contributed by atoms with Gasteiger partial charge in [-0.25, -0.2) is 4.98 Å². The summed E-state index contributed by atoms with van der Waals surface area (Å²) >= 11 is 0. The lowest BCUT2D eigenvalue weighted by atomic mass is 10.2. The van der Waals surface area contributed by atoms with Crippen molar-refractivity contribution >= 4 is 16.9 Å². The van der Waals surface area contributed by atoms with Crippen LogP contribution in [0.3, 0.4) is 0 Å². The van der Waals surface area contributed by atoms with Crippen LogP contribution in [0, 0.1) is 6.92 Å². The van der Waals surface area contributed by atoms with E-state index in [1.165, 1.54) is 16.9 Å². The van der Waals surface area contributed by atoms with Gasteiger partial charge in [0.05, 0.1) is 17.6 Å². The van der Waals surface area contributed by atoms with E-state index in [2.05, 4.69) is 53.2 Å². The molecular weight excluding hydrogens is 398 g/mol. The summed E-state index contributed by atoms with van der Waals surface area (Å²) in [5.74, 6) is 2.27. The highest BCUT2D eigenvalue weighted by Crippen LogP contribution is 2.19. The molecule has 0 fully saturated rings. The number of carbonyl (C=O) groups excluding carboxylic acids is 1. The molecule has 1 N–H and O–H groups in total. The number of ether oxygens (including phenoxy) is 1. The summed E-state index contributed by atoms with van der Waals surface area (Å²) in [6, 6.07) is 16.6. The first-order valence-electron chi connectivity index (χ1n) is 12.1. The minimum atomic E-state index is 0.167. The Kier molecular flexibility index (Phi) is 9.60. The van der Waals surface area contributed by atoms with Crippen LogP contribution < -0.4 is 10.1 Å². The van der Waals surface area contributed by atoms with E-state index in [0.29, 0.717) is 6.42 Å². The zero-order valence-electron chi connectivity index (χ0n) is 19.6. The fourth-order valence-corrected chi connectivity index (χ4v) is 3.89. The van der Waals surface area contributed by atoms with Gasteiger partial charge < -0.3 is 14.6 Å². The summed E-state index contributed by atoms with van der Waals surface area (Å²) in [6.45, 7) is 6.58. The molecule has 1 aromatic heterocycles. The Labute approximate surface area is 192 Å². The van der Waals surface area contributed by atoms with Gasteiger partial charge >= 0.3 is 0 Å². The molecule has 3 rings (SSSR count). The first kappa shape index (κ1) is 23.8. The quantitative estimate of drug-likeness (QED) is 0.324. The van der Waals surface area contributed by atoms with Crippen LogP contribution in [0.25, 0.3) is 11.0 Å². The van der Waals surface area contributed by atoms with E-state index in [0.717, 1.165) is 75.9 Å². The topological polar surface area (TPSA) is 56.2 Å². The van der Waals surface area contributed by atoms with Gasteiger partial charge in [0, 0.05) is 25.9 Å². The van der Waals surface area contributed by atoms with Gasteiger partial charge in [-0.15, -0.1) is 0 Å². The van der Waals surface area contributed by atoms with Crippen LogP contribution >= 0.6 is 0 Å². The third kappa shape index (κ3) is 7.40. The van der Waals surface area contributed by atoms with E-state index in [9.17, 15) is 4.79 Å². The van der Waals surface area contributed by atoms with Crippen LogP contribution in [0.1, 0.15) is 63.3 Å². The molecule has 0 spiro atoms. The van der Waals surface area contributed by atoms with E-state index >= 15 is 0 Å². The van der Waals surface area contributed by atoms with Crippen molar-refractivity contribution in [2.24, 2.45) is 0 Å². The maximum atomic E-state index is 11.5. The van der Waals surface area contributed by atoms with Crippen molar-refractivity contribution in [3.05, 3.63) is 59.9 Å². The van der Waals surface area contributed by atoms with E-state index in [-0.39, 0.29) is 5.91 Å². The van der Waals surface area contributed by atoms with Crippen molar-refractivity contribution in [3.63, 3.8) is 0 Å². The van der Waals surface area contributed by atoms with Crippen LogP contribution in [0.2, 0.25) is 0 Å². The third-order valence-corrected chi connectivity index (χ3v) is 5.68. The van der Waals surface area contributed by atoms with Crippen LogP contribution in [0.5, 0.6) is 5.75 Å². The molecule has 0 unspecified atom stereocenters. The minimum Gasteiger partial charge on any atom is -0.494 e. The number of benzene rings is 2. The number of amides is 1. The predicted molar refractivity (Wildman–Crippen MR) is 131 cm³/mol. The average Bonchev–Trinajstić information content (AvgIpc) is 3.15. The summed E-state index contributed by atoms with van der Waals surface area (Å²) in [6.07, 6.45) is 7.77. The molecule has 2 aromatic carbocycles. The molecule has 0 aliphatic heterocycles. The number of aromatic nitrogens is 2. The number of hydrogen-bond donors (Lipinski definition) is 1. The standard InChI is InChI=1S/C27H37N3O2/c1-3-11-27(31)28-19-8-4-5-14-26-29-24-12-6-7-13-25(24)30(26)20-9-10-21-32-23-17-15-22(2)16-18-23/h6-7,12-13,15-18H,3-5,8-11,14,19-21H2,1-2H3,(H,28,31). The van der Waals surface area contributed by atoms with Gasteiger partial charge in [0.2, 0.25) is 5.91 Å². The molecule has 0 bridgehead atoms. The molecule has 5 nitrogen and oxygen atoms in total. The Morgan fingerprint density at radius 2 is 1.81 bits per heavy atom. The minimum absolute atomic E-state index is 0.167. The van der Waals surface area contributed by atoms with Crippen molar-refractivity contribution in [2.75, 3.05) is 13.2 Å². The maximum absolute atomic E-state index is 11.5. The van der Waals surface area contributed by atoms with E-state index in [1.807, 2.05) is 19.1 Å². The highest BCUT2D eigenvalue weighted by Gasteiger charge is 2.10. The monoisotopic (exact) mass is 435 g/mol. The molecule has 0 saturated carbocycles. The highest BCUT2D eigenvalue weighted by atomic mass is 16.5. The van der Waals surface area contributed by atoms with E-state index in [4.69, 9.17) is 9.72 Å². The molecule has 32 heavy (non-hydrogen) atoms. The summed E-state index contributed by atoms with van der Waals surface area (Å²) in [5.41, 5.74) is 3.54. The van der Waals surface area contributed by atoms with Gasteiger partial charge in [0.1, 0.15) is 11.6 Å². The van der Waals surface area contributed by atoms with Gasteiger partial charge in [-0.1, -0.05) is 43.2 Å². The molecular formula is C27H37N3O2. The van der Waals surface area contributed by atoms with Crippen molar-refractivity contribution in [1.29, 1.82) is 0 Å². The molecule has 3 aromatic rings. The molecule has 0 saturated heterocycles. The number of carbonyl (C=O) groups is 1. The number of nitrogens with one attached hydrogen (secondary N) is 1. The lowest BCUT2D eigenvalue weighted by Crippen LogP contribution is -2.23. The lowest BCUT2D eigenvalue weighted by Gasteiger charge is -2.10. The van der Waals surface area contributed by atoms with Gasteiger partial charge in [-0.2, -0.15) is 0 Å². The highest BCUT2D eigenvalue weighted by molar-refractivity contribution is 5.76. The number of fused-ring (bicyclic) bond motifs is 1. The number of hydrogen-bond acceptors (Lipinski definition) is 3. The first-order chi connectivity index (χ1) is 15.7. The molecule has 0 radical (unpaired) electrons. The maximum Gasteiger partial charge on any atom is 0.219 e. The summed E-state index contributed by atoms with van der Waals surface area (Å²) in [5, 5.41) is 3.00. The Morgan fingerprint density at radius 1 is 1.00 bits per heavy atom. The molecule has 1 heterocycles. The number of imidazole rings is 1. The largest absolute Gasteiger partial charge is 0.494 e. The van der Waals surface area contributed by atoms with Crippen LogP contribution in [0.4, 0.5) is 0 Å². The Balaban J connectivity index is 1.45. The molecule has 0 atom stereocenters. The number of nitrogens with zero attached hydrogens (tertiary/aromatic N) is 2. The normalized spacial score (nSPS) is 11.1. The SMILES string of the molecule is CCCC(=O)NCCCCCc1nc2ccccc2n1CCCCOc1ccc(C)cc1. The second kappa shape index (κ2) is 12.9. The number of para-hydroxylation sites is 2. The van der Waals surface area contributed by atoms with Crippen molar-refractivity contribution < 1.29 is 9.53 Å². The Hall–Kier alpha value is -2.82. The fraction of sp³-hybridized carbons (Fsp3) is 0.481. The number of rotatable bonds is 14. The molecule has 0 aliphatic carbocycles. The predicted octanol–water partition coefficient (Wildman–Crippen LogP) is 5.83. The van der Waals surface area contributed by atoms with E-state index in [1.54, 1.807) is 0 Å². The van der Waals surface area contributed by atoms with E-state index < -0.39 is 0 Å². The van der Waals surface area contributed by atoms with Gasteiger partial charge in [0.25, 0.3) is 0 Å². The summed E-state index contributed by atoms with van der Waals surface area (Å²) in [7, 11) is 0. The summed E-state index contributed by atoms with van der Waals surface area (Å²) in [4.78, 5) is 16.4. The van der Waals surface area contributed by atoms with Crippen molar-refractivity contribution in [2.45, 2.75) is 71.8 Å². The second-order valence-corrected chi connectivity index (χ2v) is 8.45. The van der Waals surface area contributed by atoms with Gasteiger partial charge in [-0.3, -0.25) is 4.79 Å². The number of aryl methyl sites for hydroxylation is 3. The molecule has 5 heteroatoms. The summed E-state index contributed by atoms with van der Waals surface area (Å²) < 4.78 is 8.26. The van der Waals surface area contributed by atoms with Gasteiger partial charge in [-0.05, 0) is 63.3 Å². The van der Waals surface area contributed by atoms with Crippen LogP contribution in [0.15, 0.2) is 48.5 Å². The van der Waals surface area contributed by atoms with Crippen molar-refractivity contribution in [1.82, 2.24) is 14.9 Å². The Bertz CT molecular complexity index is 963. The van der Waals surface area contributed by atoms with Crippen LogP contribution in [-0.2, 0) is 17.8 Å². The van der Waals surface area contributed by atoms with Crippen molar-refractivity contribution in [3.8, 4) is 5.75 Å². The van der Waals surface area contributed by atoms with Gasteiger partial charge in [0.15, 0.2) is 0 Å².